The first kappa shape index (κ1) is 29.8. The minimum atomic E-state index is -4.09. The second-order valence-corrected chi connectivity index (χ2v) is 11.9. The quantitative estimate of drug-likeness (QED) is 0.206. The van der Waals surface area contributed by atoms with Gasteiger partial charge in [-0.05, 0) is 67.4 Å². The highest BCUT2D eigenvalue weighted by molar-refractivity contribution is 7.87. The summed E-state index contributed by atoms with van der Waals surface area (Å²) in [7, 11) is -1.14. The second kappa shape index (κ2) is 12.3. The van der Waals surface area contributed by atoms with Crippen LogP contribution in [0.25, 0.3) is 6.08 Å². The lowest BCUT2D eigenvalue weighted by molar-refractivity contribution is -0.139. The highest BCUT2D eigenvalue weighted by Crippen LogP contribution is 2.33. The van der Waals surface area contributed by atoms with Gasteiger partial charge in [-0.1, -0.05) is 47.7 Å². The van der Waals surface area contributed by atoms with Crippen molar-refractivity contribution in [3.63, 3.8) is 0 Å². The van der Waals surface area contributed by atoms with Crippen molar-refractivity contribution in [3.05, 3.63) is 115 Å². The molecular formula is C31H28N2O8S2. The van der Waals surface area contributed by atoms with Gasteiger partial charge in [0.2, 0.25) is 0 Å². The number of thiazole rings is 1. The number of ether oxygens (including phenoxy) is 3. The van der Waals surface area contributed by atoms with Crippen LogP contribution in [0, 0.1) is 0 Å². The van der Waals surface area contributed by atoms with Crippen LogP contribution in [0.4, 0.5) is 0 Å². The third-order valence-electron chi connectivity index (χ3n) is 6.67. The summed E-state index contributed by atoms with van der Waals surface area (Å²) in [6, 6.07) is 18.8. The summed E-state index contributed by atoms with van der Waals surface area (Å²) in [4.78, 5) is 32.0. The Kier molecular flexibility index (Phi) is 8.51. The van der Waals surface area contributed by atoms with Crippen molar-refractivity contribution in [1.82, 2.24) is 4.57 Å². The number of allylic oxidation sites excluding steroid dienone is 1. The molecule has 0 saturated carbocycles. The van der Waals surface area contributed by atoms with E-state index in [1.165, 1.54) is 41.2 Å². The zero-order valence-electron chi connectivity index (χ0n) is 23.8. The SMILES string of the molecule is CCOC(=O)C1=C(C)N=c2s/c(=C\c3ccc(OS(=O)(=O)c4ccccc4)c(OC)c3)c(=O)n2[C@H]1c1ccc(OC)cc1. The number of carbonyl (C=O) groups excluding carboxylic acids is 1. The summed E-state index contributed by atoms with van der Waals surface area (Å²) < 4.78 is 48.7. The number of aromatic nitrogens is 1. The van der Waals surface area contributed by atoms with Gasteiger partial charge in [-0.25, -0.2) is 9.79 Å². The van der Waals surface area contributed by atoms with Crippen molar-refractivity contribution in [2.24, 2.45) is 4.99 Å². The third kappa shape index (κ3) is 5.97. The van der Waals surface area contributed by atoms with Crippen molar-refractivity contribution in [2.45, 2.75) is 24.8 Å². The van der Waals surface area contributed by atoms with E-state index in [0.717, 1.165) is 0 Å². The summed E-state index contributed by atoms with van der Waals surface area (Å²) in [6.07, 6.45) is 1.65. The second-order valence-electron chi connectivity index (χ2n) is 9.34. The molecule has 0 amide bonds. The molecule has 222 valence electrons. The van der Waals surface area contributed by atoms with E-state index in [1.54, 1.807) is 81.6 Å². The van der Waals surface area contributed by atoms with Crippen LogP contribution in [0.15, 0.2) is 98.7 Å². The lowest BCUT2D eigenvalue weighted by Crippen LogP contribution is -2.39. The van der Waals surface area contributed by atoms with E-state index in [4.69, 9.17) is 18.4 Å². The van der Waals surface area contributed by atoms with Crippen molar-refractivity contribution >= 4 is 33.5 Å². The maximum absolute atomic E-state index is 13.9. The van der Waals surface area contributed by atoms with E-state index in [9.17, 15) is 18.0 Å². The van der Waals surface area contributed by atoms with Crippen LogP contribution in [-0.2, 0) is 19.6 Å². The molecule has 0 radical (unpaired) electrons. The highest BCUT2D eigenvalue weighted by Gasteiger charge is 2.33. The van der Waals surface area contributed by atoms with Crippen LogP contribution in [0.5, 0.6) is 17.2 Å². The molecule has 0 unspecified atom stereocenters. The Hall–Kier alpha value is -4.68. The third-order valence-corrected chi connectivity index (χ3v) is 8.90. The summed E-state index contributed by atoms with van der Waals surface area (Å²) in [5.74, 6) is 0.244. The van der Waals surface area contributed by atoms with E-state index in [2.05, 4.69) is 4.99 Å². The Bertz CT molecular complexity index is 2000. The summed E-state index contributed by atoms with van der Waals surface area (Å²) >= 11 is 1.17. The van der Waals surface area contributed by atoms with Crippen molar-refractivity contribution in [2.75, 3.05) is 20.8 Å². The maximum Gasteiger partial charge on any atom is 0.339 e. The standard InChI is InChI=1S/C31H28N2O8S2/c1-5-40-30(35)27-19(2)32-31-33(28(27)21-12-14-22(38-3)15-13-21)29(34)26(42-31)18-20-11-16-24(25(17-20)39-4)41-43(36,37)23-9-7-6-8-10-23/h6-18,28H,5H2,1-4H3/b26-18-/t28-/m0/s1. The zero-order chi connectivity index (χ0) is 30.7. The average Bonchev–Trinajstić information content (AvgIpc) is 3.31. The fraction of sp³-hybridized carbons (Fsp3) is 0.194. The summed E-state index contributed by atoms with van der Waals surface area (Å²) in [5.41, 5.74) is 1.62. The Morgan fingerprint density at radius 1 is 1.00 bits per heavy atom. The van der Waals surface area contributed by atoms with Gasteiger partial charge < -0.3 is 18.4 Å². The highest BCUT2D eigenvalue weighted by atomic mass is 32.2. The number of methoxy groups -OCH3 is 2. The van der Waals surface area contributed by atoms with E-state index < -0.39 is 22.1 Å². The Morgan fingerprint density at radius 3 is 2.37 bits per heavy atom. The molecule has 0 saturated heterocycles. The van der Waals surface area contributed by atoms with Crippen molar-refractivity contribution < 1.29 is 31.6 Å². The lowest BCUT2D eigenvalue weighted by Gasteiger charge is -2.24. The van der Waals surface area contributed by atoms with Gasteiger partial charge in [0.15, 0.2) is 16.3 Å². The monoisotopic (exact) mass is 620 g/mol. The predicted molar refractivity (Wildman–Crippen MR) is 161 cm³/mol. The van der Waals surface area contributed by atoms with Gasteiger partial charge in [-0.15, -0.1) is 0 Å². The molecule has 0 spiro atoms. The molecule has 3 aromatic carbocycles. The van der Waals surface area contributed by atoms with E-state index >= 15 is 0 Å². The zero-order valence-corrected chi connectivity index (χ0v) is 25.4. The Morgan fingerprint density at radius 2 is 1.72 bits per heavy atom. The molecule has 12 heteroatoms. The van der Waals surface area contributed by atoms with E-state index in [1.807, 2.05) is 0 Å². The molecule has 5 rings (SSSR count). The summed E-state index contributed by atoms with van der Waals surface area (Å²) in [5, 5.41) is 0. The molecule has 0 bridgehead atoms. The minimum absolute atomic E-state index is 0.000767. The molecule has 0 N–H and O–H groups in total. The minimum Gasteiger partial charge on any atom is -0.497 e. The van der Waals surface area contributed by atoms with Crippen LogP contribution in [-0.4, -0.2) is 39.8 Å². The van der Waals surface area contributed by atoms with Crippen LogP contribution < -0.4 is 28.5 Å². The number of hydrogen-bond acceptors (Lipinski definition) is 10. The number of nitrogens with zero attached hydrogens (tertiary/aromatic N) is 2. The number of carbonyl (C=O) groups is 1. The van der Waals surface area contributed by atoms with Gasteiger partial charge in [-0.2, -0.15) is 8.42 Å². The largest absolute Gasteiger partial charge is 0.497 e. The molecule has 43 heavy (non-hydrogen) atoms. The molecule has 0 fully saturated rings. The smallest absolute Gasteiger partial charge is 0.339 e. The van der Waals surface area contributed by atoms with E-state index in [0.29, 0.717) is 31.9 Å². The van der Waals surface area contributed by atoms with Crippen molar-refractivity contribution in [3.8, 4) is 17.2 Å². The van der Waals surface area contributed by atoms with Gasteiger partial charge in [-0.3, -0.25) is 9.36 Å². The van der Waals surface area contributed by atoms with Gasteiger partial charge in [0.05, 0.1) is 42.7 Å². The molecule has 1 aliphatic heterocycles. The molecule has 2 heterocycles. The molecular weight excluding hydrogens is 592 g/mol. The lowest BCUT2D eigenvalue weighted by atomic mass is 9.96. The molecule has 0 aliphatic carbocycles. The average molecular weight is 621 g/mol. The molecule has 1 atom stereocenters. The van der Waals surface area contributed by atoms with E-state index in [-0.39, 0.29) is 34.1 Å². The molecule has 4 aromatic rings. The first-order valence-electron chi connectivity index (χ1n) is 13.2. The van der Waals surface area contributed by atoms with Gasteiger partial charge in [0, 0.05) is 0 Å². The predicted octanol–water partition coefficient (Wildman–Crippen LogP) is 3.58. The van der Waals surface area contributed by atoms with Gasteiger partial charge in [0.1, 0.15) is 10.6 Å². The molecule has 10 nitrogen and oxygen atoms in total. The molecule has 1 aliphatic rings. The van der Waals surface area contributed by atoms with Gasteiger partial charge >= 0.3 is 16.1 Å². The fourth-order valence-electron chi connectivity index (χ4n) is 4.64. The molecule has 1 aromatic heterocycles. The first-order valence-corrected chi connectivity index (χ1v) is 15.4. The first-order chi connectivity index (χ1) is 20.7. The Balaban J connectivity index is 1.58. The Labute approximate surface area is 251 Å². The van der Waals surface area contributed by atoms with Gasteiger partial charge in [0.25, 0.3) is 5.56 Å². The number of fused-ring (bicyclic) bond motifs is 1. The van der Waals surface area contributed by atoms with Crippen LogP contribution in [0.2, 0.25) is 0 Å². The normalized spacial score (nSPS) is 15.0. The van der Waals surface area contributed by atoms with Crippen LogP contribution in [0.3, 0.4) is 0 Å². The number of rotatable bonds is 9. The van der Waals surface area contributed by atoms with Crippen LogP contribution >= 0.6 is 11.3 Å². The maximum atomic E-state index is 13.9. The topological polar surface area (TPSA) is 122 Å². The number of benzene rings is 3. The van der Waals surface area contributed by atoms with Crippen LogP contribution in [0.1, 0.15) is 31.0 Å². The number of esters is 1. The fourth-order valence-corrected chi connectivity index (χ4v) is 6.65. The van der Waals surface area contributed by atoms with Crippen molar-refractivity contribution in [1.29, 1.82) is 0 Å². The number of hydrogen-bond donors (Lipinski definition) is 0. The summed E-state index contributed by atoms with van der Waals surface area (Å²) in [6.45, 7) is 3.60.